The van der Waals surface area contributed by atoms with Crippen molar-refractivity contribution in [2.45, 2.75) is 28.5 Å². The van der Waals surface area contributed by atoms with Crippen LogP contribution in [0.25, 0.3) is 0 Å². The van der Waals surface area contributed by atoms with E-state index in [1.165, 1.54) is 38.5 Å². The number of nitrogens with zero attached hydrogens (tertiary/aromatic N) is 2. The number of alkyl halides is 2. The minimum atomic E-state index is -2.20. The highest BCUT2D eigenvalue weighted by Gasteiger charge is 2.77. The molecule has 47 heavy (non-hydrogen) atoms. The van der Waals surface area contributed by atoms with Crippen LogP contribution in [0.4, 0.5) is 15.8 Å². The van der Waals surface area contributed by atoms with Crippen LogP contribution in [0.5, 0.6) is 17.2 Å². The summed E-state index contributed by atoms with van der Waals surface area (Å²) in [6.07, 6.45) is 1.69. The van der Waals surface area contributed by atoms with E-state index in [0.29, 0.717) is 11.3 Å². The molecule has 0 spiro atoms. The molecule has 0 bridgehead atoms. The van der Waals surface area contributed by atoms with Gasteiger partial charge in [0.25, 0.3) is 11.8 Å². The summed E-state index contributed by atoms with van der Waals surface area (Å²) >= 11 is 18.3. The van der Waals surface area contributed by atoms with Gasteiger partial charge in [0.2, 0.25) is 11.8 Å². The molecule has 1 saturated carbocycles. The molecule has 242 valence electrons. The van der Waals surface area contributed by atoms with Crippen molar-refractivity contribution < 1.29 is 38.1 Å². The van der Waals surface area contributed by atoms with E-state index in [4.69, 9.17) is 32.7 Å². The van der Waals surface area contributed by atoms with Crippen LogP contribution >= 0.6 is 39.1 Å². The first-order valence-corrected chi connectivity index (χ1v) is 16.2. The molecule has 2 aliphatic heterocycles. The van der Waals surface area contributed by atoms with Gasteiger partial charge < -0.3 is 14.6 Å². The fourth-order valence-electron chi connectivity index (χ4n) is 7.77. The minimum Gasteiger partial charge on any atom is -0.508 e. The second kappa shape index (κ2) is 11.1. The first kappa shape index (κ1) is 31.7. The first-order chi connectivity index (χ1) is 22.4. The normalized spacial score (nSPS) is 29.8. The molecule has 6 atom stereocenters. The maximum Gasteiger partial charge on any atom is 0.258 e. The van der Waals surface area contributed by atoms with Gasteiger partial charge in [0, 0.05) is 28.1 Å². The number of fused-ring (bicyclic) bond motifs is 4. The van der Waals surface area contributed by atoms with E-state index in [9.17, 15) is 28.7 Å². The lowest BCUT2D eigenvalue weighted by Crippen LogP contribution is -2.60. The Labute approximate surface area is 286 Å². The van der Waals surface area contributed by atoms with Crippen LogP contribution < -0.4 is 19.3 Å². The van der Waals surface area contributed by atoms with Gasteiger partial charge in [0.15, 0.2) is 9.75 Å². The average Bonchev–Trinajstić information content (AvgIpc) is 3.39. The van der Waals surface area contributed by atoms with E-state index in [2.05, 4.69) is 15.9 Å². The Hall–Kier alpha value is -3.93. The predicted molar refractivity (Wildman–Crippen MR) is 174 cm³/mol. The third kappa shape index (κ3) is 4.32. The van der Waals surface area contributed by atoms with Crippen molar-refractivity contribution in [3.8, 4) is 17.2 Å². The molecule has 7 rings (SSSR count). The number of carbonyl (C=O) groups excluding carboxylic acids is 4. The lowest BCUT2D eigenvalue weighted by Gasteiger charge is -2.51. The molecule has 0 radical (unpaired) electrons. The monoisotopic (exact) mass is 742 g/mol. The number of benzene rings is 3. The Bertz CT molecular complexity index is 1880. The molecule has 3 aromatic carbocycles. The Morgan fingerprint density at radius 3 is 2.02 bits per heavy atom. The van der Waals surface area contributed by atoms with Crippen molar-refractivity contribution in [3.05, 3.63) is 88.2 Å². The SMILES string of the molecule is COc1cc(O)cc(OC)c1C1C2=CCC3C(=O)N(c4ccc(Br)cc4)C(=O)C3C2CC2(Cl)C(=O)N(c3ccc(F)cc3)C(=O)C12Cl. The summed E-state index contributed by atoms with van der Waals surface area (Å²) in [6.45, 7) is 0. The van der Waals surface area contributed by atoms with Gasteiger partial charge in [-0.2, -0.15) is 0 Å². The number of amides is 4. The van der Waals surface area contributed by atoms with Crippen molar-refractivity contribution >= 4 is 74.1 Å². The molecular formula is C34H26BrCl2FN2O7. The summed E-state index contributed by atoms with van der Waals surface area (Å²) in [7, 11) is 2.72. The predicted octanol–water partition coefficient (Wildman–Crippen LogP) is 6.08. The quantitative estimate of drug-likeness (QED) is 0.192. The van der Waals surface area contributed by atoms with Crippen molar-refractivity contribution in [2.24, 2.45) is 17.8 Å². The van der Waals surface area contributed by atoms with E-state index < -0.39 is 57.0 Å². The maximum absolute atomic E-state index is 14.6. The molecule has 4 aliphatic rings. The van der Waals surface area contributed by atoms with Gasteiger partial charge >= 0.3 is 0 Å². The summed E-state index contributed by atoms with van der Waals surface area (Å²) in [5.74, 6) is -6.86. The molecule has 1 N–H and O–H groups in total. The van der Waals surface area contributed by atoms with E-state index in [1.54, 1.807) is 30.3 Å². The van der Waals surface area contributed by atoms with Crippen molar-refractivity contribution in [1.82, 2.24) is 0 Å². The van der Waals surface area contributed by atoms with Gasteiger partial charge in [-0.3, -0.25) is 24.1 Å². The fraction of sp³-hybridized carbons (Fsp3) is 0.294. The largest absolute Gasteiger partial charge is 0.508 e. The smallest absolute Gasteiger partial charge is 0.258 e. The van der Waals surface area contributed by atoms with Crippen LogP contribution in [0.1, 0.15) is 24.3 Å². The van der Waals surface area contributed by atoms with Crippen LogP contribution in [0, 0.1) is 23.6 Å². The zero-order chi connectivity index (χ0) is 33.6. The Balaban J connectivity index is 1.45. The van der Waals surface area contributed by atoms with Crippen LogP contribution in [0.2, 0.25) is 0 Å². The fourth-order valence-corrected chi connectivity index (χ4v) is 8.95. The molecule has 3 aromatic rings. The summed E-state index contributed by atoms with van der Waals surface area (Å²) < 4.78 is 26.0. The third-order valence-electron chi connectivity index (χ3n) is 9.80. The summed E-state index contributed by atoms with van der Waals surface area (Å²) in [6, 6.07) is 14.2. The summed E-state index contributed by atoms with van der Waals surface area (Å²) in [5.41, 5.74) is 1.20. The van der Waals surface area contributed by atoms with Gasteiger partial charge in [-0.05, 0) is 67.3 Å². The van der Waals surface area contributed by atoms with Crippen molar-refractivity contribution in [1.29, 1.82) is 0 Å². The Kier molecular flexibility index (Phi) is 7.46. The number of imide groups is 2. The molecule has 0 aromatic heterocycles. The molecular weight excluding hydrogens is 718 g/mol. The van der Waals surface area contributed by atoms with Crippen molar-refractivity contribution in [3.63, 3.8) is 0 Å². The summed E-state index contributed by atoms with van der Waals surface area (Å²) in [5, 5.41) is 10.5. The number of ether oxygens (including phenoxy) is 2. The first-order valence-electron chi connectivity index (χ1n) is 14.7. The number of hydrogen-bond acceptors (Lipinski definition) is 7. The molecule has 4 amide bonds. The van der Waals surface area contributed by atoms with E-state index in [1.807, 2.05) is 0 Å². The van der Waals surface area contributed by atoms with Gasteiger partial charge in [-0.25, -0.2) is 9.29 Å². The molecule has 3 fully saturated rings. The third-order valence-corrected chi connectivity index (χ3v) is 11.7. The lowest BCUT2D eigenvalue weighted by atomic mass is 9.56. The number of rotatable bonds is 5. The van der Waals surface area contributed by atoms with E-state index in [-0.39, 0.29) is 47.2 Å². The molecule has 13 heteroatoms. The van der Waals surface area contributed by atoms with Crippen LogP contribution in [-0.2, 0) is 19.2 Å². The number of anilines is 2. The maximum atomic E-state index is 14.6. The summed E-state index contributed by atoms with van der Waals surface area (Å²) in [4.78, 5) is 54.8. The molecule has 2 aliphatic carbocycles. The van der Waals surface area contributed by atoms with Gasteiger partial charge in [-0.1, -0.05) is 27.6 Å². The number of carbonyl (C=O) groups is 4. The Morgan fingerprint density at radius 2 is 1.43 bits per heavy atom. The van der Waals surface area contributed by atoms with Crippen LogP contribution in [0.3, 0.4) is 0 Å². The van der Waals surface area contributed by atoms with Gasteiger partial charge in [0.1, 0.15) is 23.1 Å². The molecule has 2 heterocycles. The number of halogens is 4. The van der Waals surface area contributed by atoms with Crippen LogP contribution in [-0.4, -0.2) is 52.7 Å². The van der Waals surface area contributed by atoms with E-state index in [0.717, 1.165) is 26.4 Å². The molecule has 9 nitrogen and oxygen atoms in total. The second-order valence-corrected chi connectivity index (χ2v) is 14.2. The van der Waals surface area contributed by atoms with Crippen LogP contribution in [0.15, 0.2) is 76.8 Å². The number of allylic oxidation sites excluding steroid dienone is 2. The zero-order valence-electron chi connectivity index (χ0n) is 24.9. The highest BCUT2D eigenvalue weighted by Crippen LogP contribution is 2.67. The number of aromatic hydroxyl groups is 1. The number of methoxy groups -OCH3 is 2. The number of hydrogen-bond donors (Lipinski definition) is 1. The molecule has 2 saturated heterocycles. The number of phenols is 1. The van der Waals surface area contributed by atoms with Gasteiger partial charge in [0.05, 0.1) is 37.4 Å². The standard InChI is InChI=1S/C34H26BrCl2FN2O7/c1-46-24-13-20(41)14-25(47-2)27(24)28-21-11-12-22-26(30(43)39(29(22)42)18-7-3-16(35)4-8-18)23(21)15-33(36)31(44)40(32(45)34(28,33)37)19-9-5-17(38)6-10-19/h3-11,13-14,22-23,26,28,41H,12,15H2,1-2H3. The Morgan fingerprint density at radius 1 is 0.851 bits per heavy atom. The lowest BCUT2D eigenvalue weighted by molar-refractivity contribution is -0.125. The number of phenolic OH excluding ortho intramolecular Hbond substituents is 1. The molecule has 6 unspecified atom stereocenters. The van der Waals surface area contributed by atoms with Gasteiger partial charge in [-0.15, -0.1) is 23.2 Å². The average molecular weight is 744 g/mol. The van der Waals surface area contributed by atoms with Crippen molar-refractivity contribution in [2.75, 3.05) is 24.0 Å². The topological polar surface area (TPSA) is 113 Å². The minimum absolute atomic E-state index is 0.0580. The highest BCUT2D eigenvalue weighted by molar-refractivity contribution is 9.10. The second-order valence-electron chi connectivity index (χ2n) is 12.0. The highest BCUT2D eigenvalue weighted by atomic mass is 79.9. The van der Waals surface area contributed by atoms with E-state index >= 15 is 0 Å². The zero-order valence-corrected chi connectivity index (χ0v) is 28.0.